The second kappa shape index (κ2) is 9.90. The Labute approximate surface area is 202 Å². The highest BCUT2D eigenvalue weighted by molar-refractivity contribution is 5.88. The summed E-state index contributed by atoms with van der Waals surface area (Å²) < 4.78 is 89.3. The Bertz CT molecular complexity index is 1080. The molecule has 8 nitrogen and oxygen atoms in total. The van der Waals surface area contributed by atoms with Crippen molar-refractivity contribution < 1.29 is 45.4 Å². The molecule has 0 saturated heterocycles. The molecule has 198 valence electrons. The van der Waals surface area contributed by atoms with Crippen molar-refractivity contribution in [2.75, 3.05) is 0 Å². The summed E-state index contributed by atoms with van der Waals surface area (Å²) in [5.74, 6) is -1.49. The predicted molar refractivity (Wildman–Crippen MR) is 113 cm³/mol. The summed E-state index contributed by atoms with van der Waals surface area (Å²) in [5.41, 5.74) is -4.42. The second-order valence-corrected chi connectivity index (χ2v) is 9.58. The van der Waals surface area contributed by atoms with Crippen molar-refractivity contribution in [1.29, 1.82) is 0 Å². The molecule has 0 aromatic carbocycles. The average molecular weight is 522 g/mol. The maximum Gasteiger partial charge on any atom is 0.451 e. The Morgan fingerprint density at radius 3 is 1.67 bits per heavy atom. The van der Waals surface area contributed by atoms with E-state index in [1.54, 1.807) is 0 Å². The van der Waals surface area contributed by atoms with Gasteiger partial charge in [-0.1, -0.05) is 0 Å². The number of nitrogens with zero attached hydrogens (tertiary/aromatic N) is 4. The SMILES string of the molecule is CC(C)(C)OC(=O)N(Cc1cc(-c2cnc(C(F)(F)F)nc2)nc(C(F)(F)F)c1)C(=O)OC(C)(C)C. The van der Waals surface area contributed by atoms with Gasteiger partial charge in [0.15, 0.2) is 0 Å². The molecule has 0 fully saturated rings. The summed E-state index contributed by atoms with van der Waals surface area (Å²) in [6, 6.07) is 1.65. The zero-order valence-corrected chi connectivity index (χ0v) is 20.2. The highest BCUT2D eigenvalue weighted by Gasteiger charge is 2.36. The average Bonchev–Trinajstić information content (AvgIpc) is 2.68. The van der Waals surface area contributed by atoms with Gasteiger partial charge in [0.25, 0.3) is 0 Å². The summed E-state index contributed by atoms with van der Waals surface area (Å²) in [6.45, 7) is 8.42. The van der Waals surface area contributed by atoms with Gasteiger partial charge in [-0.25, -0.2) is 29.4 Å². The van der Waals surface area contributed by atoms with Crippen LogP contribution in [0.15, 0.2) is 24.5 Å². The van der Waals surface area contributed by atoms with Crippen LogP contribution in [0, 0.1) is 0 Å². The lowest BCUT2D eigenvalue weighted by Gasteiger charge is -2.28. The first kappa shape index (κ1) is 28.8. The fourth-order valence-electron chi connectivity index (χ4n) is 2.60. The third kappa shape index (κ3) is 8.34. The fraction of sp³-hybridized carbons (Fsp3) is 0.500. The molecule has 0 radical (unpaired) electrons. The van der Waals surface area contributed by atoms with Gasteiger partial charge < -0.3 is 9.47 Å². The zero-order chi connectivity index (χ0) is 27.7. The Morgan fingerprint density at radius 2 is 1.28 bits per heavy atom. The lowest BCUT2D eigenvalue weighted by molar-refractivity contribution is -0.145. The Balaban J connectivity index is 2.55. The highest BCUT2D eigenvalue weighted by Crippen LogP contribution is 2.32. The van der Waals surface area contributed by atoms with Crippen LogP contribution in [0.3, 0.4) is 0 Å². The number of alkyl halides is 6. The van der Waals surface area contributed by atoms with E-state index < -0.39 is 59.5 Å². The maximum absolute atomic E-state index is 13.5. The topological polar surface area (TPSA) is 94.5 Å². The molecule has 14 heteroatoms. The molecular weight excluding hydrogens is 498 g/mol. The minimum atomic E-state index is -4.96. The molecule has 0 aliphatic rings. The Hall–Kier alpha value is -3.45. The molecule has 0 spiro atoms. The van der Waals surface area contributed by atoms with Crippen LogP contribution in [0.2, 0.25) is 0 Å². The molecule has 0 saturated carbocycles. The molecule has 2 rings (SSSR count). The number of ether oxygens (including phenoxy) is 2. The van der Waals surface area contributed by atoms with Crippen LogP contribution in [0.5, 0.6) is 0 Å². The number of halogens is 6. The molecule has 0 atom stereocenters. The zero-order valence-electron chi connectivity index (χ0n) is 20.2. The van der Waals surface area contributed by atoms with Gasteiger partial charge in [0.2, 0.25) is 5.82 Å². The van der Waals surface area contributed by atoms with Crippen molar-refractivity contribution in [2.24, 2.45) is 0 Å². The van der Waals surface area contributed by atoms with Crippen LogP contribution in [0.25, 0.3) is 11.3 Å². The van der Waals surface area contributed by atoms with E-state index in [1.165, 1.54) is 41.5 Å². The summed E-state index contributed by atoms with van der Waals surface area (Å²) >= 11 is 0. The van der Waals surface area contributed by atoms with Crippen LogP contribution in [-0.4, -0.2) is 43.2 Å². The molecule has 36 heavy (non-hydrogen) atoms. The molecule has 0 unspecified atom stereocenters. The van der Waals surface area contributed by atoms with Crippen LogP contribution >= 0.6 is 0 Å². The summed E-state index contributed by atoms with van der Waals surface area (Å²) in [7, 11) is 0. The number of imide groups is 1. The summed E-state index contributed by atoms with van der Waals surface area (Å²) in [5, 5.41) is 0. The van der Waals surface area contributed by atoms with Gasteiger partial charge >= 0.3 is 24.5 Å². The number of aromatic nitrogens is 3. The van der Waals surface area contributed by atoms with E-state index in [0.717, 1.165) is 6.07 Å². The minimum Gasteiger partial charge on any atom is -0.443 e. The largest absolute Gasteiger partial charge is 0.451 e. The van der Waals surface area contributed by atoms with E-state index in [0.29, 0.717) is 23.4 Å². The predicted octanol–water partition coefficient (Wildman–Crippen LogP) is 6.25. The Morgan fingerprint density at radius 1 is 0.806 bits per heavy atom. The third-order valence-corrected chi connectivity index (χ3v) is 3.95. The number of carbonyl (C=O) groups is 2. The number of hydrogen-bond acceptors (Lipinski definition) is 7. The van der Waals surface area contributed by atoms with Crippen molar-refractivity contribution in [3.05, 3.63) is 41.6 Å². The maximum atomic E-state index is 13.5. The van der Waals surface area contributed by atoms with E-state index in [9.17, 15) is 35.9 Å². The smallest absolute Gasteiger partial charge is 0.443 e. The number of rotatable bonds is 3. The van der Waals surface area contributed by atoms with E-state index in [-0.39, 0.29) is 11.1 Å². The molecule has 2 amide bonds. The number of pyridine rings is 1. The first-order chi connectivity index (χ1) is 16.2. The molecule has 2 heterocycles. The van der Waals surface area contributed by atoms with E-state index in [4.69, 9.17) is 9.47 Å². The molecule has 0 aliphatic heterocycles. The molecular formula is C22H24F6N4O4. The lowest BCUT2D eigenvalue weighted by atomic mass is 10.1. The van der Waals surface area contributed by atoms with Gasteiger partial charge in [-0.2, -0.15) is 26.3 Å². The first-order valence-corrected chi connectivity index (χ1v) is 10.4. The fourth-order valence-corrected chi connectivity index (χ4v) is 2.60. The van der Waals surface area contributed by atoms with Gasteiger partial charge in [-0.05, 0) is 59.2 Å². The van der Waals surface area contributed by atoms with E-state index in [2.05, 4.69) is 15.0 Å². The molecule has 0 N–H and O–H groups in total. The van der Waals surface area contributed by atoms with Crippen LogP contribution < -0.4 is 0 Å². The summed E-state index contributed by atoms with van der Waals surface area (Å²) in [6.07, 6.45) is -10.8. The van der Waals surface area contributed by atoms with Gasteiger partial charge in [0.1, 0.15) is 16.9 Å². The highest BCUT2D eigenvalue weighted by atomic mass is 19.4. The lowest BCUT2D eigenvalue weighted by Crippen LogP contribution is -2.43. The van der Waals surface area contributed by atoms with Crippen molar-refractivity contribution in [3.8, 4) is 11.3 Å². The number of amides is 2. The van der Waals surface area contributed by atoms with Gasteiger partial charge in [-0.3, -0.25) is 0 Å². The van der Waals surface area contributed by atoms with Crippen LogP contribution in [0.1, 0.15) is 58.6 Å². The van der Waals surface area contributed by atoms with Crippen molar-refractivity contribution in [1.82, 2.24) is 19.9 Å². The van der Waals surface area contributed by atoms with Crippen molar-refractivity contribution >= 4 is 12.2 Å². The standard InChI is InChI=1S/C22H24F6N4O4/c1-19(2,3)35-17(33)32(18(34)36-20(4,5)6)11-12-7-14(31-15(8-12)21(23,24)25)13-9-29-16(30-10-13)22(26,27)28/h7-10H,11H2,1-6H3. The van der Waals surface area contributed by atoms with Crippen LogP contribution in [0.4, 0.5) is 35.9 Å². The van der Waals surface area contributed by atoms with Gasteiger partial charge in [0, 0.05) is 18.0 Å². The second-order valence-electron chi connectivity index (χ2n) is 9.58. The molecule has 0 bridgehead atoms. The van der Waals surface area contributed by atoms with Crippen molar-refractivity contribution in [2.45, 2.75) is 71.6 Å². The van der Waals surface area contributed by atoms with Gasteiger partial charge in [-0.15, -0.1) is 0 Å². The Kier molecular flexibility index (Phi) is 7.91. The number of hydrogen-bond donors (Lipinski definition) is 0. The normalized spacial score (nSPS) is 12.8. The van der Waals surface area contributed by atoms with Gasteiger partial charge in [0.05, 0.1) is 12.2 Å². The number of carbonyl (C=O) groups excluding carboxylic acids is 2. The minimum absolute atomic E-state index is 0.232. The van der Waals surface area contributed by atoms with E-state index in [1.807, 2.05) is 0 Å². The van der Waals surface area contributed by atoms with E-state index >= 15 is 0 Å². The quantitative estimate of drug-likeness (QED) is 0.440. The third-order valence-electron chi connectivity index (χ3n) is 3.95. The van der Waals surface area contributed by atoms with Crippen LogP contribution in [-0.2, 0) is 28.4 Å². The first-order valence-electron chi connectivity index (χ1n) is 10.4. The van der Waals surface area contributed by atoms with Crippen molar-refractivity contribution in [3.63, 3.8) is 0 Å². The monoisotopic (exact) mass is 522 g/mol. The molecule has 0 aliphatic carbocycles. The molecule has 2 aromatic heterocycles. The summed E-state index contributed by atoms with van der Waals surface area (Å²) in [4.78, 5) is 35.6. The molecule has 2 aromatic rings.